The van der Waals surface area contributed by atoms with E-state index in [-0.39, 0.29) is 5.75 Å². The zero-order valence-corrected chi connectivity index (χ0v) is 15.3. The molecular weight excluding hydrogens is 356 g/mol. The molecule has 26 heavy (non-hydrogen) atoms. The molecule has 0 radical (unpaired) electrons. The van der Waals surface area contributed by atoms with Gasteiger partial charge in [0.05, 0.1) is 0 Å². The Balaban J connectivity index is 1.76. The summed E-state index contributed by atoms with van der Waals surface area (Å²) >= 11 is 1.62. The molecule has 0 spiro atoms. The second-order valence-electron chi connectivity index (χ2n) is 5.73. The van der Waals surface area contributed by atoms with E-state index in [9.17, 15) is 8.78 Å². The fourth-order valence-corrected chi connectivity index (χ4v) is 3.47. The van der Waals surface area contributed by atoms with Gasteiger partial charge in [0, 0.05) is 17.9 Å². The molecule has 0 N–H and O–H groups in total. The number of aryl methyl sites for hydroxylation is 1. The highest BCUT2D eigenvalue weighted by Gasteiger charge is 2.14. The van der Waals surface area contributed by atoms with E-state index in [0.717, 1.165) is 16.5 Å². The number of halogens is 2. The van der Waals surface area contributed by atoms with Crippen LogP contribution in [-0.2, 0) is 12.3 Å². The van der Waals surface area contributed by atoms with Crippen molar-refractivity contribution in [2.45, 2.75) is 37.9 Å². The maximum Gasteiger partial charge on any atom is 0.387 e. The van der Waals surface area contributed by atoms with Gasteiger partial charge in [-0.05, 0) is 43.7 Å². The summed E-state index contributed by atoms with van der Waals surface area (Å²) in [6.45, 7) is 1.98. The molecule has 1 heterocycles. The Hall–Kier alpha value is -2.41. The minimum Gasteiger partial charge on any atom is -0.435 e. The third kappa shape index (κ3) is 4.40. The molecule has 0 amide bonds. The summed E-state index contributed by atoms with van der Waals surface area (Å²) in [5.74, 6) is 1.64. The van der Waals surface area contributed by atoms with Crippen LogP contribution in [0.15, 0.2) is 53.7 Å². The maximum atomic E-state index is 12.3. The number of alkyl halides is 2. The van der Waals surface area contributed by atoms with Crippen LogP contribution < -0.4 is 4.74 Å². The third-order valence-electron chi connectivity index (χ3n) is 3.86. The van der Waals surface area contributed by atoms with Crippen molar-refractivity contribution in [3.8, 4) is 17.1 Å². The smallest absolute Gasteiger partial charge is 0.387 e. The number of benzene rings is 2. The van der Waals surface area contributed by atoms with Gasteiger partial charge in [0.2, 0.25) is 0 Å². The number of rotatable bonds is 7. The fourth-order valence-electron chi connectivity index (χ4n) is 2.51. The maximum absolute atomic E-state index is 12.3. The molecule has 0 bridgehead atoms. The van der Waals surface area contributed by atoms with Gasteiger partial charge in [0.15, 0.2) is 11.0 Å². The second kappa shape index (κ2) is 8.31. The number of aromatic nitrogens is 3. The van der Waals surface area contributed by atoms with Crippen LogP contribution >= 0.6 is 11.8 Å². The topological polar surface area (TPSA) is 39.9 Å². The minimum atomic E-state index is -2.83. The number of nitrogens with zero attached hydrogens (tertiary/aromatic N) is 3. The predicted octanol–water partition coefficient (Wildman–Crippen LogP) is 5.17. The summed E-state index contributed by atoms with van der Waals surface area (Å²) in [7, 11) is 0. The Labute approximate surface area is 155 Å². The van der Waals surface area contributed by atoms with Crippen molar-refractivity contribution in [2.75, 3.05) is 0 Å². The lowest BCUT2D eigenvalue weighted by Crippen LogP contribution is -2.02. The Morgan fingerprint density at radius 2 is 1.73 bits per heavy atom. The Morgan fingerprint density at radius 1 is 1.04 bits per heavy atom. The Bertz CT molecular complexity index is 848. The molecular formula is C19H19F2N3OS. The average molecular weight is 375 g/mol. The lowest BCUT2D eigenvalue weighted by atomic mass is 10.2. The number of hydrogen-bond acceptors (Lipinski definition) is 4. The van der Waals surface area contributed by atoms with Crippen molar-refractivity contribution in [3.05, 3.63) is 59.7 Å². The Kier molecular flexibility index (Phi) is 5.88. The van der Waals surface area contributed by atoms with Gasteiger partial charge in [-0.3, -0.25) is 0 Å². The van der Waals surface area contributed by atoms with Crippen LogP contribution in [0, 0.1) is 6.92 Å². The predicted molar refractivity (Wildman–Crippen MR) is 98.5 cm³/mol. The molecule has 4 nitrogen and oxygen atoms in total. The molecule has 0 aliphatic heterocycles. The van der Waals surface area contributed by atoms with Crippen LogP contribution in [0.2, 0.25) is 0 Å². The second-order valence-corrected chi connectivity index (χ2v) is 6.67. The average Bonchev–Trinajstić information content (AvgIpc) is 3.04. The van der Waals surface area contributed by atoms with Crippen LogP contribution in [0.5, 0.6) is 5.75 Å². The van der Waals surface area contributed by atoms with Gasteiger partial charge in [-0.2, -0.15) is 8.78 Å². The quantitative estimate of drug-likeness (QED) is 0.534. The van der Waals surface area contributed by atoms with Gasteiger partial charge >= 0.3 is 6.61 Å². The number of thioether (sulfide) groups is 1. The normalized spacial score (nSPS) is 11.1. The molecule has 2 aromatic carbocycles. The lowest BCUT2D eigenvalue weighted by molar-refractivity contribution is -0.0498. The van der Waals surface area contributed by atoms with Crippen LogP contribution in [0.3, 0.4) is 0 Å². The van der Waals surface area contributed by atoms with Crippen molar-refractivity contribution >= 4 is 11.8 Å². The van der Waals surface area contributed by atoms with E-state index < -0.39 is 6.61 Å². The van der Waals surface area contributed by atoms with Crippen molar-refractivity contribution < 1.29 is 13.5 Å². The fraction of sp³-hybridized carbons (Fsp3) is 0.263. The van der Waals surface area contributed by atoms with Gasteiger partial charge < -0.3 is 9.30 Å². The van der Waals surface area contributed by atoms with Crippen molar-refractivity contribution in [1.82, 2.24) is 14.8 Å². The summed E-state index contributed by atoms with van der Waals surface area (Å²) < 4.78 is 30.9. The molecule has 0 fully saturated rings. The standard InChI is InChI=1S/C19H19F2N3OS/c1-3-24-17(15-8-10-16(11-9-15)25-18(20)21)22-23-19(24)26-12-14-6-4-13(2)5-7-14/h4-11,18H,3,12H2,1-2H3. The lowest BCUT2D eigenvalue weighted by Gasteiger charge is -2.08. The highest BCUT2D eigenvalue weighted by Crippen LogP contribution is 2.27. The first-order chi connectivity index (χ1) is 12.6. The van der Waals surface area contributed by atoms with Crippen LogP contribution in [0.25, 0.3) is 11.4 Å². The van der Waals surface area contributed by atoms with E-state index in [0.29, 0.717) is 12.4 Å². The zero-order valence-electron chi connectivity index (χ0n) is 14.5. The molecule has 7 heteroatoms. The van der Waals surface area contributed by atoms with Crippen LogP contribution in [0.1, 0.15) is 18.1 Å². The first kappa shape index (κ1) is 18.4. The molecule has 136 valence electrons. The minimum absolute atomic E-state index is 0.125. The molecule has 0 saturated heterocycles. The number of ether oxygens (including phenoxy) is 1. The third-order valence-corrected chi connectivity index (χ3v) is 4.90. The van der Waals surface area contributed by atoms with Gasteiger partial charge in [-0.1, -0.05) is 41.6 Å². The van der Waals surface area contributed by atoms with E-state index in [1.807, 2.05) is 11.5 Å². The molecule has 0 saturated carbocycles. The first-order valence-corrected chi connectivity index (χ1v) is 9.22. The Morgan fingerprint density at radius 3 is 2.35 bits per heavy atom. The number of hydrogen-bond donors (Lipinski definition) is 0. The molecule has 0 aliphatic carbocycles. The summed E-state index contributed by atoms with van der Waals surface area (Å²) in [6.07, 6.45) is 0. The van der Waals surface area contributed by atoms with Gasteiger partial charge in [0.25, 0.3) is 0 Å². The molecule has 3 rings (SSSR count). The SMILES string of the molecule is CCn1c(SCc2ccc(C)cc2)nnc1-c1ccc(OC(F)F)cc1. The zero-order chi connectivity index (χ0) is 18.5. The largest absolute Gasteiger partial charge is 0.435 e. The summed E-state index contributed by atoms with van der Waals surface area (Å²) in [4.78, 5) is 0. The highest BCUT2D eigenvalue weighted by atomic mass is 32.2. The molecule has 1 aromatic heterocycles. The van der Waals surface area contributed by atoms with E-state index in [1.54, 1.807) is 23.9 Å². The van der Waals surface area contributed by atoms with Gasteiger partial charge in [-0.15, -0.1) is 10.2 Å². The van der Waals surface area contributed by atoms with Gasteiger partial charge in [0.1, 0.15) is 5.75 Å². The molecule has 3 aromatic rings. The summed E-state index contributed by atoms with van der Waals surface area (Å²) in [5, 5.41) is 9.40. The van der Waals surface area contributed by atoms with Gasteiger partial charge in [-0.25, -0.2) is 0 Å². The first-order valence-electron chi connectivity index (χ1n) is 8.23. The van der Waals surface area contributed by atoms with E-state index in [1.165, 1.54) is 23.3 Å². The monoisotopic (exact) mass is 375 g/mol. The van der Waals surface area contributed by atoms with Crippen molar-refractivity contribution in [1.29, 1.82) is 0 Å². The molecule has 0 aliphatic rings. The van der Waals surface area contributed by atoms with E-state index >= 15 is 0 Å². The van der Waals surface area contributed by atoms with E-state index in [4.69, 9.17) is 0 Å². The van der Waals surface area contributed by atoms with Crippen molar-refractivity contribution in [3.63, 3.8) is 0 Å². The van der Waals surface area contributed by atoms with Crippen molar-refractivity contribution in [2.24, 2.45) is 0 Å². The molecule has 0 unspecified atom stereocenters. The molecule has 0 atom stereocenters. The van der Waals surface area contributed by atoms with Crippen LogP contribution in [0.4, 0.5) is 8.78 Å². The summed E-state index contributed by atoms with van der Waals surface area (Å²) in [6, 6.07) is 14.8. The van der Waals surface area contributed by atoms with Crippen LogP contribution in [-0.4, -0.2) is 21.4 Å². The summed E-state index contributed by atoms with van der Waals surface area (Å²) in [5.41, 5.74) is 3.27. The highest BCUT2D eigenvalue weighted by molar-refractivity contribution is 7.98. The van der Waals surface area contributed by atoms with E-state index in [2.05, 4.69) is 46.1 Å².